The van der Waals surface area contributed by atoms with E-state index in [1.54, 1.807) is 7.05 Å². The van der Waals surface area contributed by atoms with Gasteiger partial charge in [0.25, 0.3) is 11.8 Å². The summed E-state index contributed by atoms with van der Waals surface area (Å²) < 4.78 is 6.52. The normalized spacial score (nSPS) is 20.6. The molecule has 1 fully saturated rings. The van der Waals surface area contributed by atoms with Crippen LogP contribution in [-0.4, -0.2) is 81.9 Å². The Kier molecular flexibility index (Phi) is 6.23. The fourth-order valence-electron chi connectivity index (χ4n) is 3.28. The summed E-state index contributed by atoms with van der Waals surface area (Å²) in [4.78, 5) is 53.8. The summed E-state index contributed by atoms with van der Waals surface area (Å²) in [5, 5.41) is 25.5. The van der Waals surface area contributed by atoms with Gasteiger partial charge in [-0.25, -0.2) is 19.3 Å². The van der Waals surface area contributed by atoms with Gasteiger partial charge in [0, 0.05) is 18.6 Å². The molecule has 4 amide bonds. The number of fused-ring (bicyclic) bond motifs is 1. The van der Waals surface area contributed by atoms with Crippen LogP contribution in [0, 0.1) is 0 Å². The van der Waals surface area contributed by atoms with Crippen LogP contribution in [0.3, 0.4) is 0 Å². The van der Waals surface area contributed by atoms with Crippen LogP contribution in [0.2, 0.25) is 0 Å². The van der Waals surface area contributed by atoms with Crippen molar-refractivity contribution in [3.8, 4) is 0 Å². The van der Waals surface area contributed by atoms with Crippen molar-refractivity contribution in [2.45, 2.75) is 22.6 Å². The summed E-state index contributed by atoms with van der Waals surface area (Å²) in [7, 11) is 1.66. The van der Waals surface area contributed by atoms with Crippen LogP contribution in [0.15, 0.2) is 33.3 Å². The summed E-state index contributed by atoms with van der Waals surface area (Å²) in [6, 6.07) is -3.34. The Bertz CT molecular complexity index is 1130. The molecule has 0 aromatic carbocycles. The summed E-state index contributed by atoms with van der Waals surface area (Å²) >= 11 is 2.55. The molecule has 2 aromatic rings. The number of carbonyl (C=O) groups is 4. The van der Waals surface area contributed by atoms with E-state index in [-0.39, 0.29) is 17.3 Å². The predicted octanol–water partition coefficient (Wildman–Crippen LogP) is -1.56. The quantitative estimate of drug-likeness (QED) is 0.242. The minimum atomic E-state index is -1.35. The van der Waals surface area contributed by atoms with E-state index < -0.39 is 41.3 Å². The number of oxazole rings is 1. The van der Waals surface area contributed by atoms with Crippen molar-refractivity contribution in [2.75, 3.05) is 11.5 Å². The van der Waals surface area contributed by atoms with Gasteiger partial charge in [0.1, 0.15) is 23.4 Å². The van der Waals surface area contributed by atoms with Crippen LogP contribution in [0.5, 0.6) is 0 Å². The van der Waals surface area contributed by atoms with Gasteiger partial charge in [-0.05, 0) is 16.0 Å². The Hall–Kier alpha value is -3.60. The third-order valence-corrected chi connectivity index (χ3v) is 7.19. The van der Waals surface area contributed by atoms with Gasteiger partial charge in [-0.2, -0.15) is 0 Å². The van der Waals surface area contributed by atoms with Crippen molar-refractivity contribution in [3.63, 3.8) is 0 Å². The van der Waals surface area contributed by atoms with E-state index in [1.165, 1.54) is 40.7 Å². The number of primary amides is 1. The number of β-lactam (4-membered cyclic amide) rings is 1. The molecular weight excluding hydrogens is 478 g/mol. The number of thioether (sulfide) groups is 2. The van der Waals surface area contributed by atoms with Gasteiger partial charge in [-0.15, -0.1) is 16.9 Å². The summed E-state index contributed by atoms with van der Waals surface area (Å²) in [6.07, 6.45) is 2.50. The highest BCUT2D eigenvalue weighted by Gasteiger charge is 2.54. The summed E-state index contributed by atoms with van der Waals surface area (Å²) in [5.41, 5.74) is 5.52. The monoisotopic (exact) mass is 495 g/mol. The predicted molar refractivity (Wildman–Crippen MR) is 111 cm³/mol. The number of amides is 4. The van der Waals surface area contributed by atoms with E-state index in [0.29, 0.717) is 16.5 Å². The minimum absolute atomic E-state index is 0.116. The molecule has 15 nitrogen and oxygen atoms in total. The zero-order valence-corrected chi connectivity index (χ0v) is 18.5. The fraction of sp³-hybridized carbons (Fsp3) is 0.375. The molecule has 0 spiro atoms. The number of nitrogens with two attached hydrogens (primary N) is 1. The average Bonchev–Trinajstić information content (AvgIpc) is 3.45. The van der Waals surface area contributed by atoms with E-state index in [1.807, 2.05) is 0 Å². The average molecular weight is 496 g/mol. The number of carboxylic acids is 1. The first kappa shape index (κ1) is 22.6. The molecule has 0 aliphatic carbocycles. The number of aromatic nitrogens is 5. The van der Waals surface area contributed by atoms with Crippen LogP contribution in [-0.2, 0) is 21.4 Å². The van der Waals surface area contributed by atoms with Crippen molar-refractivity contribution in [1.29, 1.82) is 0 Å². The molecule has 2 aliphatic heterocycles. The first-order valence-corrected chi connectivity index (χ1v) is 11.3. The van der Waals surface area contributed by atoms with Gasteiger partial charge >= 0.3 is 12.0 Å². The highest BCUT2D eigenvalue weighted by molar-refractivity contribution is 8.01. The SMILES string of the molecule is Cn1nnnc1SCC1=C(C(=O)O)N2C(=O)[C@H](NC(=O)C(NC(N)=O)c3ncco3)C2SC1. The van der Waals surface area contributed by atoms with Crippen molar-refractivity contribution in [1.82, 2.24) is 40.7 Å². The second kappa shape index (κ2) is 9.10. The molecule has 1 saturated heterocycles. The number of rotatable bonds is 8. The number of carboxylic acid groups (broad SMARTS) is 1. The Morgan fingerprint density at radius 3 is 2.85 bits per heavy atom. The van der Waals surface area contributed by atoms with Gasteiger partial charge in [-0.1, -0.05) is 11.8 Å². The van der Waals surface area contributed by atoms with Crippen LogP contribution >= 0.6 is 23.5 Å². The van der Waals surface area contributed by atoms with Gasteiger partial charge in [-0.3, -0.25) is 14.5 Å². The molecule has 4 heterocycles. The van der Waals surface area contributed by atoms with Gasteiger partial charge in [0.2, 0.25) is 11.0 Å². The van der Waals surface area contributed by atoms with E-state index in [4.69, 9.17) is 10.2 Å². The van der Waals surface area contributed by atoms with E-state index in [0.717, 1.165) is 4.90 Å². The maximum Gasteiger partial charge on any atom is 0.352 e. The second-order valence-corrected chi connectivity index (χ2v) is 8.89. The molecule has 2 unspecified atom stereocenters. The Morgan fingerprint density at radius 2 is 2.24 bits per heavy atom. The lowest BCUT2D eigenvalue weighted by Crippen LogP contribution is -2.71. The molecule has 0 radical (unpaired) electrons. The lowest BCUT2D eigenvalue weighted by Gasteiger charge is -2.49. The molecule has 0 saturated carbocycles. The standard InChI is InChI=1S/C16H17N9O6S2/c1-24-16(21-22-23-24)33-5-6-4-32-13-8(12(27)25(13)9(6)14(28)29)19-10(26)7(20-15(17)30)11-18-2-3-31-11/h2-3,7-8,13H,4-5H2,1H3,(H,19,26)(H,28,29)(H3,17,20,30)/t7?,8-,13?/m0/s1. The lowest BCUT2D eigenvalue weighted by atomic mass is 10.0. The van der Waals surface area contributed by atoms with Crippen LogP contribution in [0.1, 0.15) is 11.9 Å². The zero-order valence-electron chi connectivity index (χ0n) is 16.9. The number of hydrogen-bond acceptors (Lipinski definition) is 11. The maximum atomic E-state index is 12.8. The maximum absolute atomic E-state index is 12.8. The topological polar surface area (TPSA) is 211 Å². The zero-order chi connectivity index (χ0) is 23.7. The van der Waals surface area contributed by atoms with Crippen molar-refractivity contribution in [3.05, 3.63) is 29.6 Å². The fourth-order valence-corrected chi connectivity index (χ4v) is 5.62. The first-order valence-electron chi connectivity index (χ1n) is 9.28. The second-order valence-electron chi connectivity index (χ2n) is 6.84. The largest absolute Gasteiger partial charge is 0.477 e. The number of tetrazole rings is 1. The number of urea groups is 1. The van der Waals surface area contributed by atoms with Crippen molar-refractivity contribution in [2.24, 2.45) is 12.8 Å². The number of nitrogens with one attached hydrogen (secondary N) is 2. The first-order chi connectivity index (χ1) is 15.8. The molecule has 2 aliphatic rings. The van der Waals surface area contributed by atoms with E-state index >= 15 is 0 Å². The third-order valence-electron chi connectivity index (χ3n) is 4.75. The van der Waals surface area contributed by atoms with Gasteiger partial charge < -0.3 is 25.9 Å². The smallest absolute Gasteiger partial charge is 0.352 e. The number of aryl methyl sites for hydroxylation is 1. The molecule has 0 bridgehead atoms. The summed E-state index contributed by atoms with van der Waals surface area (Å²) in [6.45, 7) is 0. The summed E-state index contributed by atoms with van der Waals surface area (Å²) in [5.74, 6) is -2.14. The lowest BCUT2D eigenvalue weighted by molar-refractivity contribution is -0.151. The number of nitrogens with zero attached hydrogens (tertiary/aromatic N) is 6. The Labute approximate surface area is 193 Å². The van der Waals surface area contributed by atoms with Gasteiger partial charge in [0.15, 0.2) is 6.04 Å². The molecule has 2 aromatic heterocycles. The molecule has 4 rings (SSSR count). The van der Waals surface area contributed by atoms with E-state index in [9.17, 15) is 24.3 Å². The molecule has 33 heavy (non-hydrogen) atoms. The number of aliphatic carboxylic acids is 1. The number of hydrogen-bond donors (Lipinski definition) is 4. The minimum Gasteiger partial charge on any atom is -0.477 e. The van der Waals surface area contributed by atoms with Crippen LogP contribution in [0.25, 0.3) is 0 Å². The van der Waals surface area contributed by atoms with Crippen molar-refractivity contribution >= 4 is 47.3 Å². The number of carbonyl (C=O) groups excluding carboxylic acids is 3. The van der Waals surface area contributed by atoms with E-state index in [2.05, 4.69) is 31.1 Å². The molecular formula is C16H17N9O6S2. The van der Waals surface area contributed by atoms with Crippen molar-refractivity contribution < 1.29 is 28.7 Å². The van der Waals surface area contributed by atoms with Crippen LogP contribution in [0.4, 0.5) is 4.79 Å². The van der Waals surface area contributed by atoms with Gasteiger partial charge in [0.05, 0.1) is 6.20 Å². The highest BCUT2D eigenvalue weighted by atomic mass is 32.2. The Balaban J connectivity index is 1.48. The third kappa shape index (κ3) is 4.36. The molecule has 174 valence electrons. The van der Waals surface area contributed by atoms with Crippen LogP contribution < -0.4 is 16.4 Å². The molecule has 3 atom stereocenters. The molecule has 5 N–H and O–H groups in total. The highest BCUT2D eigenvalue weighted by Crippen LogP contribution is 2.41. The Morgan fingerprint density at radius 1 is 1.45 bits per heavy atom. The molecule has 17 heteroatoms.